The summed E-state index contributed by atoms with van der Waals surface area (Å²) in [5, 5.41) is 7.12. The lowest BCUT2D eigenvalue weighted by Gasteiger charge is -2.52. The quantitative estimate of drug-likeness (QED) is 0.262. The molecule has 10 nitrogen and oxygen atoms in total. The number of carboxylic acids is 1. The second kappa shape index (κ2) is 17.9. The molecule has 4 fully saturated rings. The van der Waals surface area contributed by atoms with Crippen molar-refractivity contribution in [3.05, 3.63) is 34.4 Å². The van der Waals surface area contributed by atoms with Gasteiger partial charge in [0.15, 0.2) is 0 Å². The molecular formula is C38H56F3N3O7. The van der Waals surface area contributed by atoms with Gasteiger partial charge in [-0.25, -0.2) is 14.4 Å². The van der Waals surface area contributed by atoms with E-state index in [1.165, 1.54) is 44.9 Å². The Morgan fingerprint density at radius 1 is 0.961 bits per heavy atom. The molecule has 1 aliphatic carbocycles. The summed E-state index contributed by atoms with van der Waals surface area (Å²) in [5.74, 6) is -2.01. The largest absolute Gasteiger partial charge is 0.490 e. The van der Waals surface area contributed by atoms with Crippen LogP contribution in [0.1, 0.15) is 123 Å². The van der Waals surface area contributed by atoms with E-state index >= 15 is 0 Å². The number of hydrogen-bond acceptors (Lipinski definition) is 7. The number of piperidine rings is 2. The first-order valence-electron chi connectivity index (χ1n) is 18.8. The number of aryl methyl sites for hydroxylation is 2. The van der Waals surface area contributed by atoms with Crippen LogP contribution in [0.5, 0.6) is 0 Å². The van der Waals surface area contributed by atoms with Crippen molar-refractivity contribution in [1.29, 1.82) is 0 Å². The van der Waals surface area contributed by atoms with Gasteiger partial charge in [0.25, 0.3) is 5.91 Å². The molecule has 0 aromatic heterocycles. The monoisotopic (exact) mass is 723 g/mol. The molecule has 3 saturated heterocycles. The van der Waals surface area contributed by atoms with Crippen LogP contribution in [0.15, 0.2) is 12.1 Å². The van der Waals surface area contributed by atoms with Crippen LogP contribution in [0.25, 0.3) is 0 Å². The number of nitrogens with zero attached hydrogens (tertiary/aromatic N) is 3. The highest BCUT2D eigenvalue weighted by atomic mass is 19.4. The Morgan fingerprint density at radius 3 is 2.08 bits per heavy atom. The predicted octanol–water partition coefficient (Wildman–Crippen LogP) is 7.39. The third-order valence-corrected chi connectivity index (χ3v) is 11.3. The maximum atomic E-state index is 13.6. The van der Waals surface area contributed by atoms with Gasteiger partial charge in [0.2, 0.25) is 0 Å². The van der Waals surface area contributed by atoms with E-state index < -0.39 is 12.1 Å². The Morgan fingerprint density at radius 2 is 1.55 bits per heavy atom. The summed E-state index contributed by atoms with van der Waals surface area (Å²) in [6, 6.07) is 3.99. The van der Waals surface area contributed by atoms with Crippen molar-refractivity contribution < 1.29 is 46.9 Å². The molecule has 0 bridgehead atoms. The van der Waals surface area contributed by atoms with Crippen LogP contribution in [0.3, 0.4) is 0 Å². The highest BCUT2D eigenvalue weighted by Gasteiger charge is 2.50. The Labute approximate surface area is 300 Å². The summed E-state index contributed by atoms with van der Waals surface area (Å²) >= 11 is 0. The van der Waals surface area contributed by atoms with E-state index in [9.17, 15) is 27.6 Å². The van der Waals surface area contributed by atoms with Gasteiger partial charge in [-0.1, -0.05) is 39.0 Å². The molecule has 2 amide bonds. The smallest absolute Gasteiger partial charge is 0.475 e. The number of hydrogen-bond donors (Lipinski definition) is 1. The lowest BCUT2D eigenvalue weighted by Crippen LogP contribution is -2.61. The van der Waals surface area contributed by atoms with Gasteiger partial charge in [0.1, 0.15) is 5.60 Å². The minimum atomic E-state index is -5.08. The van der Waals surface area contributed by atoms with Crippen molar-refractivity contribution >= 4 is 23.9 Å². The molecule has 0 radical (unpaired) electrons. The van der Waals surface area contributed by atoms with Gasteiger partial charge < -0.3 is 24.4 Å². The van der Waals surface area contributed by atoms with Gasteiger partial charge in [0, 0.05) is 69.6 Å². The highest BCUT2D eigenvalue weighted by Crippen LogP contribution is 2.42. The second-order valence-electron chi connectivity index (χ2n) is 14.7. The van der Waals surface area contributed by atoms with E-state index in [0.717, 1.165) is 82.5 Å². The molecule has 3 heterocycles. The van der Waals surface area contributed by atoms with Crippen molar-refractivity contribution in [2.75, 3.05) is 45.9 Å². The van der Waals surface area contributed by atoms with Gasteiger partial charge in [-0.2, -0.15) is 13.2 Å². The lowest BCUT2D eigenvalue weighted by molar-refractivity contribution is -0.192. The van der Waals surface area contributed by atoms with Crippen molar-refractivity contribution in [2.45, 2.75) is 123 Å². The van der Waals surface area contributed by atoms with Crippen LogP contribution in [0.2, 0.25) is 0 Å². The van der Waals surface area contributed by atoms with E-state index in [1.807, 2.05) is 18.7 Å². The number of alkyl halides is 3. The molecule has 13 heteroatoms. The molecule has 1 spiro atoms. The summed E-state index contributed by atoms with van der Waals surface area (Å²) < 4.78 is 43.3. The molecule has 51 heavy (non-hydrogen) atoms. The number of carbonyl (C=O) groups is 4. The molecule has 1 saturated carbocycles. The fourth-order valence-corrected chi connectivity index (χ4v) is 8.47. The first-order chi connectivity index (χ1) is 24.2. The molecule has 286 valence electrons. The number of ether oxygens (including phenoxy) is 2. The zero-order valence-electron chi connectivity index (χ0n) is 30.7. The predicted molar refractivity (Wildman–Crippen MR) is 186 cm³/mol. The fourth-order valence-electron chi connectivity index (χ4n) is 8.47. The average molecular weight is 724 g/mol. The van der Waals surface area contributed by atoms with Crippen molar-refractivity contribution in [1.82, 2.24) is 14.7 Å². The average Bonchev–Trinajstić information content (AvgIpc) is 3.09. The Hall–Kier alpha value is -3.35. The summed E-state index contributed by atoms with van der Waals surface area (Å²) in [7, 11) is 0. The minimum absolute atomic E-state index is 0.0529. The first-order valence-corrected chi connectivity index (χ1v) is 18.8. The topological polar surface area (TPSA) is 117 Å². The van der Waals surface area contributed by atoms with Crippen molar-refractivity contribution in [3.63, 3.8) is 0 Å². The van der Waals surface area contributed by atoms with E-state index in [1.54, 1.807) is 19.1 Å². The molecule has 3 aliphatic heterocycles. The molecule has 1 N–H and O–H groups in total. The Balaban J connectivity index is 0.000000755. The van der Waals surface area contributed by atoms with Gasteiger partial charge in [-0.05, 0) is 82.1 Å². The number of carbonyl (C=O) groups excluding carboxylic acids is 3. The normalized spacial score (nSPS) is 21.9. The third-order valence-electron chi connectivity index (χ3n) is 11.3. The lowest BCUT2D eigenvalue weighted by atomic mass is 9.75. The second-order valence-corrected chi connectivity index (χ2v) is 14.7. The van der Waals surface area contributed by atoms with E-state index in [-0.39, 0.29) is 23.6 Å². The van der Waals surface area contributed by atoms with Crippen LogP contribution in [-0.2, 0) is 14.3 Å². The summed E-state index contributed by atoms with van der Waals surface area (Å²) in [5.41, 5.74) is 2.51. The maximum Gasteiger partial charge on any atom is 0.490 e. The van der Waals surface area contributed by atoms with E-state index in [4.69, 9.17) is 19.4 Å². The number of amides is 2. The number of benzene rings is 1. The van der Waals surface area contributed by atoms with Gasteiger partial charge in [-0.15, -0.1) is 0 Å². The number of aliphatic carboxylic acids is 1. The summed E-state index contributed by atoms with van der Waals surface area (Å²) in [6.07, 6.45) is 8.45. The van der Waals surface area contributed by atoms with Crippen LogP contribution >= 0.6 is 0 Å². The Kier molecular flexibility index (Phi) is 14.2. The van der Waals surface area contributed by atoms with E-state index in [0.29, 0.717) is 35.6 Å². The molecule has 5 rings (SSSR count). The number of halogens is 3. The molecule has 1 unspecified atom stereocenters. The molecular weight excluding hydrogens is 667 g/mol. The number of esters is 1. The number of unbranched alkanes of at least 4 members (excludes halogenated alkanes) is 1. The van der Waals surface area contributed by atoms with Crippen LogP contribution in [0.4, 0.5) is 18.0 Å². The third kappa shape index (κ3) is 10.4. The highest BCUT2D eigenvalue weighted by molar-refractivity contribution is 5.99. The SMILES string of the molecule is CCCCC1CN(CC2CCCCC2)C(=O)OC12CCN(C1CCN(C(=O)c3c(C)cc(C(=O)OCC)cc3C)CC1)CC2.O=C(O)C(F)(F)F. The first kappa shape index (κ1) is 40.4. The molecule has 1 aromatic carbocycles. The maximum absolute atomic E-state index is 13.6. The number of likely N-dealkylation sites (tertiary alicyclic amines) is 2. The zero-order chi connectivity index (χ0) is 37.3. The van der Waals surface area contributed by atoms with Crippen LogP contribution in [-0.4, -0.2) is 107 Å². The molecule has 1 aromatic rings. The zero-order valence-corrected chi connectivity index (χ0v) is 30.7. The minimum Gasteiger partial charge on any atom is -0.475 e. The number of carboxylic acid groups (broad SMARTS) is 1. The van der Waals surface area contributed by atoms with Gasteiger partial charge in [-0.3, -0.25) is 9.69 Å². The van der Waals surface area contributed by atoms with Crippen LogP contribution in [0, 0.1) is 25.7 Å². The fraction of sp³-hybridized carbons (Fsp3) is 0.737. The van der Waals surface area contributed by atoms with Gasteiger partial charge >= 0.3 is 24.2 Å². The summed E-state index contributed by atoms with van der Waals surface area (Å²) in [6.45, 7) is 13.3. The number of rotatable bonds is 9. The van der Waals surface area contributed by atoms with Crippen LogP contribution < -0.4 is 0 Å². The summed E-state index contributed by atoms with van der Waals surface area (Å²) in [4.78, 5) is 54.7. The standard InChI is InChI=1S/C36H55N3O5.C2HF3O2/c1-5-7-13-30-25-39(24-28-11-9-8-10-12-28)35(42)44-36(30)16-20-37(21-17-36)31-14-18-38(19-15-31)33(40)32-26(3)22-29(23-27(32)4)34(41)43-6-2;3-2(4,5)1(6)7/h22-23,28,30-31H,5-21,24-25H2,1-4H3;(H,6,7). The van der Waals surface area contributed by atoms with Crippen molar-refractivity contribution in [2.24, 2.45) is 11.8 Å². The van der Waals surface area contributed by atoms with Gasteiger partial charge in [0.05, 0.1) is 12.2 Å². The van der Waals surface area contributed by atoms with E-state index in [2.05, 4.69) is 16.7 Å². The molecule has 1 atom stereocenters. The van der Waals surface area contributed by atoms with Crippen molar-refractivity contribution in [3.8, 4) is 0 Å². The molecule has 4 aliphatic rings. The Bertz CT molecular complexity index is 1340.